The second kappa shape index (κ2) is 10.1. The molecule has 212 valence electrons. The van der Waals surface area contributed by atoms with E-state index < -0.39 is 5.41 Å². The van der Waals surface area contributed by atoms with Gasteiger partial charge in [-0.05, 0) is 85.4 Å². The number of piperazine rings is 1. The molecule has 3 aliphatic carbocycles. The molecule has 1 aromatic rings. The van der Waals surface area contributed by atoms with Crippen molar-refractivity contribution in [3.63, 3.8) is 0 Å². The molecule has 3 heterocycles. The molecule has 0 radical (unpaired) electrons. The normalized spacial score (nSPS) is 31.7. The van der Waals surface area contributed by atoms with Gasteiger partial charge in [-0.25, -0.2) is 4.98 Å². The Morgan fingerprint density at radius 3 is 2.59 bits per heavy atom. The molecule has 2 aliphatic heterocycles. The lowest BCUT2D eigenvalue weighted by molar-refractivity contribution is -0.128. The zero-order valence-electron chi connectivity index (χ0n) is 23.8. The number of ketones is 1. The van der Waals surface area contributed by atoms with Crippen LogP contribution in [0.4, 0.5) is 5.82 Å². The fourth-order valence-corrected chi connectivity index (χ4v) is 7.58. The summed E-state index contributed by atoms with van der Waals surface area (Å²) in [5, 5.41) is 20.7. The Morgan fingerprint density at radius 1 is 1.08 bits per heavy atom. The summed E-state index contributed by atoms with van der Waals surface area (Å²) in [6.45, 7) is 5.86. The summed E-state index contributed by atoms with van der Waals surface area (Å²) in [5.74, 6) is 1.52. The molecule has 5 fully saturated rings. The predicted molar refractivity (Wildman–Crippen MR) is 152 cm³/mol. The zero-order chi connectivity index (χ0) is 27.4. The monoisotopic (exact) mass is 536 g/mol. The summed E-state index contributed by atoms with van der Waals surface area (Å²) in [6.07, 6.45) is 9.69. The molecule has 5 aliphatic rings. The standard InChI is InChI=1S/C30H44N6O3/c1-20(22-9-7-15-34(22)2)39-25-18-24(36-17-16-35(3)29(19-36)13-14-29)32-28(33-25)26(38)21-8-6-12-30(27(21)31)11-5-4-10-23(30)37/h18,20,22,31,38H,4-17,19H2,1-3H3/b26-21-,31-27?/t20-,22-,30+/m0/s1. The SMILES string of the molecule is C[C@H](Oc1cc(N2CCN(C)C3(CC3)C2)nc(/C(O)=C2\CCC[C@@]3(CCCCC3=O)C2=N)n1)[C@@H]1CCCN1C. The van der Waals surface area contributed by atoms with E-state index in [0.29, 0.717) is 43.2 Å². The van der Waals surface area contributed by atoms with Gasteiger partial charge in [-0.2, -0.15) is 4.98 Å². The van der Waals surface area contributed by atoms with E-state index >= 15 is 0 Å². The number of nitrogens with zero attached hydrogens (tertiary/aromatic N) is 5. The van der Waals surface area contributed by atoms with Gasteiger partial charge in [-0.15, -0.1) is 0 Å². The molecule has 0 amide bonds. The van der Waals surface area contributed by atoms with Crippen LogP contribution in [0.15, 0.2) is 11.6 Å². The van der Waals surface area contributed by atoms with Crippen LogP contribution in [-0.4, -0.2) is 94.3 Å². The first-order valence-electron chi connectivity index (χ1n) is 15.0. The Kier molecular flexibility index (Phi) is 6.94. The van der Waals surface area contributed by atoms with E-state index in [4.69, 9.17) is 20.1 Å². The largest absolute Gasteiger partial charge is 0.504 e. The number of allylic oxidation sites excluding steroid dienone is 1. The highest BCUT2D eigenvalue weighted by molar-refractivity contribution is 6.18. The minimum Gasteiger partial charge on any atom is -0.504 e. The van der Waals surface area contributed by atoms with Crippen LogP contribution < -0.4 is 9.64 Å². The Labute approximate surface area is 232 Å². The van der Waals surface area contributed by atoms with Crippen LogP contribution in [0.2, 0.25) is 0 Å². The lowest BCUT2D eigenvalue weighted by Crippen LogP contribution is -2.53. The third-order valence-corrected chi connectivity index (χ3v) is 10.4. The quantitative estimate of drug-likeness (QED) is 0.539. The molecule has 2 N–H and O–H groups in total. The highest BCUT2D eigenvalue weighted by Gasteiger charge is 2.50. The molecule has 3 atom stereocenters. The highest BCUT2D eigenvalue weighted by atomic mass is 16.5. The Balaban J connectivity index is 1.35. The van der Waals surface area contributed by atoms with Gasteiger partial charge in [0.1, 0.15) is 17.7 Å². The number of aromatic nitrogens is 2. The van der Waals surface area contributed by atoms with Gasteiger partial charge in [0.25, 0.3) is 0 Å². The number of carbonyl (C=O) groups excluding carboxylic acids is 1. The van der Waals surface area contributed by atoms with E-state index in [1.165, 1.54) is 12.8 Å². The molecule has 3 saturated carbocycles. The number of rotatable bonds is 5. The van der Waals surface area contributed by atoms with Crippen molar-refractivity contribution in [1.82, 2.24) is 19.8 Å². The van der Waals surface area contributed by atoms with Crippen molar-refractivity contribution in [3.05, 3.63) is 17.5 Å². The van der Waals surface area contributed by atoms with Gasteiger partial charge < -0.3 is 20.2 Å². The third kappa shape index (κ3) is 4.75. The Hall–Kier alpha value is -2.52. The van der Waals surface area contributed by atoms with Crippen LogP contribution in [-0.2, 0) is 4.79 Å². The summed E-state index contributed by atoms with van der Waals surface area (Å²) in [7, 11) is 4.35. The summed E-state index contributed by atoms with van der Waals surface area (Å²) in [4.78, 5) is 29.7. The van der Waals surface area contributed by atoms with Crippen LogP contribution in [0, 0.1) is 10.8 Å². The fourth-order valence-electron chi connectivity index (χ4n) is 7.58. The number of anilines is 1. The number of nitrogens with one attached hydrogen (secondary N) is 1. The number of carbonyl (C=O) groups is 1. The number of ether oxygens (including phenoxy) is 1. The van der Waals surface area contributed by atoms with Gasteiger partial charge in [0.15, 0.2) is 11.6 Å². The highest BCUT2D eigenvalue weighted by Crippen LogP contribution is 2.47. The average molecular weight is 537 g/mol. The first kappa shape index (κ1) is 26.7. The molecule has 0 aromatic carbocycles. The van der Waals surface area contributed by atoms with E-state index in [1.807, 2.05) is 6.07 Å². The van der Waals surface area contributed by atoms with Crippen LogP contribution >= 0.6 is 0 Å². The summed E-state index contributed by atoms with van der Waals surface area (Å²) < 4.78 is 6.45. The number of likely N-dealkylation sites (N-methyl/N-ethyl adjacent to an activating group) is 2. The van der Waals surface area contributed by atoms with Crippen LogP contribution in [0.5, 0.6) is 5.88 Å². The summed E-state index contributed by atoms with van der Waals surface area (Å²) in [5.41, 5.74) is 0.267. The van der Waals surface area contributed by atoms with Crippen molar-refractivity contribution in [1.29, 1.82) is 5.41 Å². The molecule has 39 heavy (non-hydrogen) atoms. The van der Waals surface area contributed by atoms with Crippen LogP contribution in [0.25, 0.3) is 5.76 Å². The maximum absolute atomic E-state index is 13.1. The molecule has 1 aromatic heterocycles. The third-order valence-electron chi connectivity index (χ3n) is 10.4. The van der Waals surface area contributed by atoms with Gasteiger partial charge in [0.2, 0.25) is 5.88 Å². The zero-order valence-corrected chi connectivity index (χ0v) is 23.8. The first-order chi connectivity index (χ1) is 18.7. The maximum atomic E-state index is 13.1. The molecule has 0 unspecified atom stereocenters. The molecule has 2 saturated heterocycles. The van der Waals surface area contributed by atoms with E-state index in [2.05, 4.69) is 35.7 Å². The number of aliphatic hydroxyl groups excluding tert-OH is 1. The van der Waals surface area contributed by atoms with Gasteiger partial charge in [-0.3, -0.25) is 14.6 Å². The van der Waals surface area contributed by atoms with Crippen LogP contribution in [0.1, 0.15) is 83.4 Å². The van der Waals surface area contributed by atoms with Crippen molar-refractivity contribution >= 4 is 23.1 Å². The van der Waals surface area contributed by atoms with Crippen molar-refractivity contribution in [2.24, 2.45) is 5.41 Å². The number of Topliss-reactive ketones (excluding diaryl/α,β-unsaturated/α-hetero) is 1. The number of hydrogen-bond acceptors (Lipinski definition) is 9. The maximum Gasteiger partial charge on any atom is 0.219 e. The van der Waals surface area contributed by atoms with Gasteiger partial charge in [-0.1, -0.05) is 6.42 Å². The molecule has 9 heteroatoms. The minimum absolute atomic E-state index is 0.0544. The van der Waals surface area contributed by atoms with Gasteiger partial charge in [0, 0.05) is 49.3 Å². The van der Waals surface area contributed by atoms with Gasteiger partial charge in [0.05, 0.1) is 11.1 Å². The lowest BCUT2D eigenvalue weighted by atomic mass is 9.62. The predicted octanol–water partition coefficient (Wildman–Crippen LogP) is 4.22. The second-order valence-electron chi connectivity index (χ2n) is 12.7. The van der Waals surface area contributed by atoms with E-state index in [1.54, 1.807) is 0 Å². The number of hydrogen-bond donors (Lipinski definition) is 2. The van der Waals surface area contributed by atoms with Crippen molar-refractivity contribution in [3.8, 4) is 5.88 Å². The number of likely N-dealkylation sites (tertiary alicyclic amines) is 1. The molecule has 2 spiro atoms. The topological polar surface area (TPSA) is 106 Å². The van der Waals surface area contributed by atoms with E-state index in [0.717, 1.165) is 64.1 Å². The Bertz CT molecular complexity index is 1180. The lowest BCUT2D eigenvalue weighted by Gasteiger charge is -2.41. The van der Waals surface area contributed by atoms with Gasteiger partial charge >= 0.3 is 0 Å². The smallest absolute Gasteiger partial charge is 0.219 e. The van der Waals surface area contributed by atoms with Crippen molar-refractivity contribution < 1.29 is 14.6 Å². The number of aliphatic hydroxyl groups is 1. The van der Waals surface area contributed by atoms with E-state index in [-0.39, 0.29) is 34.7 Å². The Morgan fingerprint density at radius 2 is 1.87 bits per heavy atom. The van der Waals surface area contributed by atoms with Crippen molar-refractivity contribution in [2.75, 3.05) is 45.2 Å². The van der Waals surface area contributed by atoms with Crippen molar-refractivity contribution in [2.45, 2.75) is 95.2 Å². The molecule has 9 nitrogen and oxygen atoms in total. The average Bonchev–Trinajstić information content (AvgIpc) is 3.57. The molecular weight excluding hydrogens is 492 g/mol. The minimum atomic E-state index is -0.756. The summed E-state index contributed by atoms with van der Waals surface area (Å²) in [6, 6.07) is 2.24. The summed E-state index contributed by atoms with van der Waals surface area (Å²) >= 11 is 0. The van der Waals surface area contributed by atoms with E-state index in [9.17, 15) is 9.90 Å². The second-order valence-corrected chi connectivity index (χ2v) is 12.7. The molecule has 6 rings (SSSR count). The first-order valence-corrected chi connectivity index (χ1v) is 15.0. The van der Waals surface area contributed by atoms with Crippen LogP contribution in [0.3, 0.4) is 0 Å². The fraction of sp³-hybridized carbons (Fsp3) is 0.733. The molecular formula is C30H44N6O3. The molecule has 0 bridgehead atoms.